The van der Waals surface area contributed by atoms with Gasteiger partial charge in [-0.15, -0.1) is 0 Å². The summed E-state index contributed by atoms with van der Waals surface area (Å²) in [6.07, 6.45) is 2.09. The van der Waals surface area contributed by atoms with Gasteiger partial charge >= 0.3 is 0 Å². The molecule has 0 aromatic rings. The maximum absolute atomic E-state index is 10.9. The summed E-state index contributed by atoms with van der Waals surface area (Å²) >= 11 is 1.48. The third-order valence-corrected chi connectivity index (χ3v) is 3.35. The van der Waals surface area contributed by atoms with Crippen molar-refractivity contribution < 1.29 is 9.90 Å². The van der Waals surface area contributed by atoms with Gasteiger partial charge in [-0.3, -0.25) is 4.79 Å². The second kappa shape index (κ2) is 3.67. The number of amidine groups is 1. The van der Waals surface area contributed by atoms with Crippen LogP contribution in [0.5, 0.6) is 0 Å². The van der Waals surface area contributed by atoms with E-state index in [9.17, 15) is 4.79 Å². The quantitative estimate of drug-likeness (QED) is 0.651. The Labute approximate surface area is 81.0 Å². The van der Waals surface area contributed by atoms with Crippen molar-refractivity contribution >= 4 is 22.8 Å². The number of amides is 1. The third kappa shape index (κ3) is 1.71. The lowest BCUT2D eigenvalue weighted by atomic mass is 10.2. The van der Waals surface area contributed by atoms with Crippen LogP contribution >= 0.6 is 11.8 Å². The summed E-state index contributed by atoms with van der Waals surface area (Å²) in [6, 6.07) is 0.178. The molecule has 1 amide bonds. The van der Waals surface area contributed by atoms with Crippen LogP contribution in [0.3, 0.4) is 0 Å². The highest BCUT2D eigenvalue weighted by Gasteiger charge is 2.29. The van der Waals surface area contributed by atoms with E-state index >= 15 is 0 Å². The van der Waals surface area contributed by atoms with E-state index in [0.717, 1.165) is 24.6 Å². The number of rotatable bonds is 1. The molecule has 0 aromatic heterocycles. The lowest BCUT2D eigenvalue weighted by molar-refractivity contribution is -0.115. The molecular weight excluding hydrogens is 188 g/mol. The number of aliphatic hydroxyl groups excluding tert-OH is 1. The standard InChI is InChI=1S/C8H12N2O2S/c11-4-6-2-1-3-10(6)8-9-7(12)5-13-8/h6,11H,1-5H2. The van der Waals surface area contributed by atoms with Crippen molar-refractivity contribution in [2.24, 2.45) is 4.99 Å². The van der Waals surface area contributed by atoms with Crippen molar-refractivity contribution in [3.63, 3.8) is 0 Å². The van der Waals surface area contributed by atoms with Crippen LogP contribution in [-0.4, -0.2) is 46.0 Å². The molecule has 0 saturated carbocycles. The van der Waals surface area contributed by atoms with Gasteiger partial charge < -0.3 is 10.0 Å². The van der Waals surface area contributed by atoms with Crippen LogP contribution < -0.4 is 0 Å². The molecule has 2 heterocycles. The average molecular weight is 200 g/mol. The van der Waals surface area contributed by atoms with E-state index in [-0.39, 0.29) is 18.6 Å². The Morgan fingerprint density at radius 3 is 3.15 bits per heavy atom. The third-order valence-electron chi connectivity index (χ3n) is 2.38. The minimum atomic E-state index is -0.0522. The van der Waals surface area contributed by atoms with Gasteiger partial charge in [0.2, 0.25) is 0 Å². The van der Waals surface area contributed by atoms with Crippen molar-refractivity contribution in [2.45, 2.75) is 18.9 Å². The molecule has 0 spiro atoms. The number of carbonyl (C=O) groups excluding carboxylic acids is 1. The molecule has 13 heavy (non-hydrogen) atoms. The summed E-state index contributed by atoms with van der Waals surface area (Å²) in [5, 5.41) is 9.88. The molecular formula is C8H12N2O2S. The minimum absolute atomic E-state index is 0.0522. The van der Waals surface area contributed by atoms with Gasteiger partial charge in [-0.2, -0.15) is 4.99 Å². The van der Waals surface area contributed by atoms with Gasteiger partial charge in [0.05, 0.1) is 18.4 Å². The van der Waals surface area contributed by atoms with Crippen LogP contribution in [0.25, 0.3) is 0 Å². The Balaban J connectivity index is 2.07. The topological polar surface area (TPSA) is 52.9 Å². The highest BCUT2D eigenvalue weighted by molar-refractivity contribution is 8.14. The number of hydrogen-bond acceptors (Lipinski definition) is 4. The summed E-state index contributed by atoms with van der Waals surface area (Å²) in [7, 11) is 0. The lowest BCUT2D eigenvalue weighted by Crippen LogP contribution is -2.35. The maximum Gasteiger partial charge on any atom is 0.258 e. The Hall–Kier alpha value is -0.550. The van der Waals surface area contributed by atoms with Crippen molar-refractivity contribution in [1.29, 1.82) is 0 Å². The fourth-order valence-corrected chi connectivity index (χ4v) is 2.61. The van der Waals surface area contributed by atoms with Crippen LogP contribution in [0, 0.1) is 0 Å². The molecule has 72 valence electrons. The van der Waals surface area contributed by atoms with E-state index in [4.69, 9.17) is 5.11 Å². The SMILES string of the molecule is O=C1CSC(N2CCCC2CO)=N1. The second-order valence-electron chi connectivity index (χ2n) is 3.25. The fourth-order valence-electron chi connectivity index (χ4n) is 1.72. The van der Waals surface area contributed by atoms with Gasteiger partial charge in [0.1, 0.15) is 0 Å². The van der Waals surface area contributed by atoms with E-state index < -0.39 is 0 Å². The molecule has 2 aliphatic rings. The Morgan fingerprint density at radius 1 is 1.69 bits per heavy atom. The summed E-state index contributed by atoms with van der Waals surface area (Å²) < 4.78 is 0. The first-order valence-corrected chi connectivity index (χ1v) is 5.41. The first kappa shape index (κ1) is 9.02. The summed E-state index contributed by atoms with van der Waals surface area (Å²) in [5.41, 5.74) is 0. The molecule has 1 saturated heterocycles. The number of aliphatic imine (C=N–C) groups is 1. The second-order valence-corrected chi connectivity index (χ2v) is 4.19. The predicted octanol–water partition coefficient (Wildman–Crippen LogP) is 0.0725. The number of carbonyl (C=O) groups is 1. The first-order chi connectivity index (χ1) is 6.31. The molecule has 2 rings (SSSR count). The molecule has 4 nitrogen and oxygen atoms in total. The Bertz CT molecular complexity index is 255. The van der Waals surface area contributed by atoms with Crippen LogP contribution in [0.15, 0.2) is 4.99 Å². The highest BCUT2D eigenvalue weighted by atomic mass is 32.2. The lowest BCUT2D eigenvalue weighted by Gasteiger charge is -2.23. The summed E-state index contributed by atoms with van der Waals surface area (Å²) in [6.45, 7) is 1.08. The molecule has 2 aliphatic heterocycles. The predicted molar refractivity (Wildman–Crippen MR) is 51.7 cm³/mol. The molecule has 1 atom stereocenters. The molecule has 1 N–H and O–H groups in total. The summed E-state index contributed by atoms with van der Waals surface area (Å²) in [4.78, 5) is 16.9. The van der Waals surface area contributed by atoms with E-state index in [1.807, 2.05) is 0 Å². The molecule has 0 aliphatic carbocycles. The van der Waals surface area contributed by atoms with Crippen LogP contribution in [0.1, 0.15) is 12.8 Å². The molecule has 1 unspecified atom stereocenters. The number of nitrogens with zero attached hydrogens (tertiary/aromatic N) is 2. The van der Waals surface area contributed by atoms with Gasteiger partial charge in [0.15, 0.2) is 5.17 Å². The van der Waals surface area contributed by atoms with Crippen LogP contribution in [0.2, 0.25) is 0 Å². The van der Waals surface area contributed by atoms with Crippen molar-refractivity contribution in [2.75, 3.05) is 18.9 Å². The Morgan fingerprint density at radius 2 is 2.54 bits per heavy atom. The number of thioether (sulfide) groups is 1. The largest absolute Gasteiger partial charge is 0.394 e. The van der Waals surface area contributed by atoms with Gasteiger partial charge in [0.25, 0.3) is 5.91 Å². The molecule has 0 radical (unpaired) electrons. The van der Waals surface area contributed by atoms with Crippen LogP contribution in [0.4, 0.5) is 0 Å². The minimum Gasteiger partial charge on any atom is -0.394 e. The molecule has 0 aromatic carbocycles. The summed E-state index contributed by atoms with van der Waals surface area (Å²) in [5.74, 6) is 0.410. The average Bonchev–Trinajstić information content (AvgIpc) is 2.71. The van der Waals surface area contributed by atoms with E-state index in [0.29, 0.717) is 5.75 Å². The van der Waals surface area contributed by atoms with Gasteiger partial charge in [-0.1, -0.05) is 11.8 Å². The van der Waals surface area contributed by atoms with Gasteiger partial charge in [-0.05, 0) is 12.8 Å². The zero-order valence-electron chi connectivity index (χ0n) is 7.27. The van der Waals surface area contributed by atoms with Gasteiger partial charge in [-0.25, -0.2) is 0 Å². The molecule has 5 heteroatoms. The van der Waals surface area contributed by atoms with Crippen molar-refractivity contribution in [3.8, 4) is 0 Å². The van der Waals surface area contributed by atoms with E-state index in [1.54, 1.807) is 0 Å². The smallest absolute Gasteiger partial charge is 0.258 e. The van der Waals surface area contributed by atoms with Crippen molar-refractivity contribution in [3.05, 3.63) is 0 Å². The zero-order chi connectivity index (χ0) is 9.26. The number of hydrogen-bond donors (Lipinski definition) is 1. The van der Waals surface area contributed by atoms with E-state index in [1.165, 1.54) is 11.8 Å². The maximum atomic E-state index is 10.9. The number of likely N-dealkylation sites (tertiary alicyclic amines) is 1. The molecule has 0 bridgehead atoms. The Kier molecular flexibility index (Phi) is 2.55. The highest BCUT2D eigenvalue weighted by Crippen LogP contribution is 2.24. The normalized spacial score (nSPS) is 28.4. The van der Waals surface area contributed by atoms with Gasteiger partial charge in [0, 0.05) is 6.54 Å². The number of aliphatic hydroxyl groups is 1. The fraction of sp³-hybridized carbons (Fsp3) is 0.750. The first-order valence-electron chi connectivity index (χ1n) is 4.43. The van der Waals surface area contributed by atoms with Crippen LogP contribution in [-0.2, 0) is 4.79 Å². The monoisotopic (exact) mass is 200 g/mol. The van der Waals surface area contributed by atoms with E-state index in [2.05, 4.69) is 9.89 Å². The molecule has 1 fully saturated rings. The zero-order valence-corrected chi connectivity index (χ0v) is 8.09. The van der Waals surface area contributed by atoms with Crippen molar-refractivity contribution in [1.82, 2.24) is 4.90 Å².